The minimum atomic E-state index is -4.77. The number of carboxylic acid groups (broad SMARTS) is 1. The number of methoxy groups -OCH3 is 1. The molecule has 0 aliphatic carbocycles. The fourth-order valence-electron chi connectivity index (χ4n) is 1.80. The van der Waals surface area contributed by atoms with Gasteiger partial charge in [-0.15, -0.1) is 0 Å². The van der Waals surface area contributed by atoms with E-state index >= 15 is 0 Å². The largest absolute Gasteiger partial charge is 0.495 e. The van der Waals surface area contributed by atoms with Crippen LogP contribution >= 0.6 is 0 Å². The van der Waals surface area contributed by atoms with Gasteiger partial charge in [-0.05, 0) is 6.07 Å². The fraction of sp³-hybridized carbons (Fsp3) is 0.182. The van der Waals surface area contributed by atoms with Gasteiger partial charge in [0.25, 0.3) is 0 Å². The molecule has 0 amide bonds. The molecular formula is C11H8F3NO3. The Bertz CT molecular complexity index is 616. The highest BCUT2D eigenvalue weighted by Crippen LogP contribution is 2.38. The molecule has 1 heterocycles. The number of carbonyl (C=O) groups is 1. The Balaban J connectivity index is 2.87. The van der Waals surface area contributed by atoms with Crippen LogP contribution in [-0.4, -0.2) is 23.2 Å². The molecule has 7 heteroatoms. The standard InChI is InChI=1S/C11H8F3NO3/c1-18-6-4-2-3-5-7(10(16)17)9(11(12,13)14)15-8(5)6/h2-4,15H,1H3,(H,16,17). The van der Waals surface area contributed by atoms with Crippen molar-refractivity contribution in [2.24, 2.45) is 0 Å². The Morgan fingerprint density at radius 1 is 1.39 bits per heavy atom. The number of ether oxygens (including phenoxy) is 1. The van der Waals surface area contributed by atoms with Crippen molar-refractivity contribution in [3.8, 4) is 5.75 Å². The highest BCUT2D eigenvalue weighted by Gasteiger charge is 2.39. The summed E-state index contributed by atoms with van der Waals surface area (Å²) in [5, 5.41) is 8.89. The number of para-hydroxylation sites is 1. The van der Waals surface area contributed by atoms with E-state index in [1.807, 2.05) is 0 Å². The zero-order chi connectivity index (χ0) is 13.5. The molecule has 0 spiro atoms. The van der Waals surface area contributed by atoms with Crippen LogP contribution in [0.4, 0.5) is 13.2 Å². The predicted octanol–water partition coefficient (Wildman–Crippen LogP) is 2.89. The first-order valence-electron chi connectivity index (χ1n) is 4.85. The van der Waals surface area contributed by atoms with Crippen molar-refractivity contribution in [1.29, 1.82) is 0 Å². The second-order valence-electron chi connectivity index (χ2n) is 3.56. The Morgan fingerprint density at radius 3 is 2.56 bits per heavy atom. The predicted molar refractivity (Wildman–Crippen MR) is 56.8 cm³/mol. The zero-order valence-corrected chi connectivity index (χ0v) is 9.13. The summed E-state index contributed by atoms with van der Waals surface area (Å²) in [4.78, 5) is 13.1. The Morgan fingerprint density at radius 2 is 2.06 bits per heavy atom. The van der Waals surface area contributed by atoms with Gasteiger partial charge in [-0.3, -0.25) is 0 Å². The molecule has 2 N–H and O–H groups in total. The van der Waals surface area contributed by atoms with Crippen LogP contribution in [0.1, 0.15) is 16.1 Å². The molecule has 2 aromatic rings. The molecule has 2 rings (SSSR count). The number of hydrogen-bond donors (Lipinski definition) is 2. The van der Waals surface area contributed by atoms with Crippen molar-refractivity contribution < 1.29 is 27.8 Å². The second-order valence-corrected chi connectivity index (χ2v) is 3.56. The first kappa shape index (κ1) is 12.3. The van der Waals surface area contributed by atoms with Gasteiger partial charge in [-0.1, -0.05) is 12.1 Å². The van der Waals surface area contributed by atoms with Gasteiger partial charge in [0.1, 0.15) is 11.4 Å². The van der Waals surface area contributed by atoms with Gasteiger partial charge >= 0.3 is 12.1 Å². The number of rotatable bonds is 2. The molecule has 0 aliphatic rings. The van der Waals surface area contributed by atoms with E-state index in [-0.39, 0.29) is 16.7 Å². The molecule has 0 unspecified atom stereocenters. The van der Waals surface area contributed by atoms with Crippen LogP contribution in [0.5, 0.6) is 5.75 Å². The number of H-pyrrole nitrogens is 1. The third-order valence-electron chi connectivity index (χ3n) is 2.51. The monoisotopic (exact) mass is 259 g/mol. The van der Waals surface area contributed by atoms with Crippen molar-refractivity contribution in [1.82, 2.24) is 4.98 Å². The summed E-state index contributed by atoms with van der Waals surface area (Å²) in [7, 11) is 1.29. The number of carboxylic acids is 1. The summed E-state index contributed by atoms with van der Waals surface area (Å²) in [6.07, 6.45) is -4.77. The smallest absolute Gasteiger partial charge is 0.432 e. The summed E-state index contributed by atoms with van der Waals surface area (Å²) in [5.41, 5.74) is -2.06. The van der Waals surface area contributed by atoms with Crippen LogP contribution in [0, 0.1) is 0 Å². The molecule has 0 bridgehead atoms. The van der Waals surface area contributed by atoms with Crippen molar-refractivity contribution in [2.75, 3.05) is 7.11 Å². The van der Waals surface area contributed by atoms with Gasteiger partial charge < -0.3 is 14.8 Å². The second kappa shape index (κ2) is 3.94. The average molecular weight is 259 g/mol. The number of benzene rings is 1. The van der Waals surface area contributed by atoms with Crippen LogP contribution < -0.4 is 4.74 Å². The quantitative estimate of drug-likeness (QED) is 0.871. The number of nitrogens with one attached hydrogen (secondary N) is 1. The lowest BCUT2D eigenvalue weighted by atomic mass is 10.1. The first-order valence-corrected chi connectivity index (χ1v) is 4.85. The number of aromatic carboxylic acids is 1. The Hall–Kier alpha value is -2.18. The lowest BCUT2D eigenvalue weighted by molar-refractivity contribution is -0.141. The molecule has 0 aliphatic heterocycles. The molecule has 1 aromatic heterocycles. The summed E-state index contributed by atoms with van der Waals surface area (Å²) >= 11 is 0. The van der Waals surface area contributed by atoms with E-state index in [9.17, 15) is 18.0 Å². The number of halogens is 3. The molecule has 0 radical (unpaired) electrons. The molecule has 0 saturated heterocycles. The minimum Gasteiger partial charge on any atom is -0.495 e. The summed E-state index contributed by atoms with van der Waals surface area (Å²) in [5.74, 6) is -1.48. The van der Waals surface area contributed by atoms with E-state index in [0.29, 0.717) is 0 Å². The summed E-state index contributed by atoms with van der Waals surface area (Å²) in [6, 6.07) is 4.18. The third-order valence-corrected chi connectivity index (χ3v) is 2.51. The van der Waals surface area contributed by atoms with Gasteiger partial charge in [0.05, 0.1) is 18.2 Å². The van der Waals surface area contributed by atoms with E-state index in [4.69, 9.17) is 9.84 Å². The lowest BCUT2D eigenvalue weighted by Crippen LogP contribution is -2.11. The average Bonchev–Trinajstić information content (AvgIpc) is 2.67. The topological polar surface area (TPSA) is 62.3 Å². The zero-order valence-electron chi connectivity index (χ0n) is 9.13. The number of aromatic nitrogens is 1. The normalized spacial score (nSPS) is 11.8. The number of hydrogen-bond acceptors (Lipinski definition) is 2. The lowest BCUT2D eigenvalue weighted by Gasteiger charge is -2.04. The Labute approximate surface area is 99.0 Å². The minimum absolute atomic E-state index is 0.0183. The van der Waals surface area contributed by atoms with Crippen LogP contribution in [-0.2, 0) is 6.18 Å². The van der Waals surface area contributed by atoms with E-state index in [2.05, 4.69) is 4.98 Å². The van der Waals surface area contributed by atoms with Crippen molar-refractivity contribution in [3.05, 3.63) is 29.5 Å². The van der Waals surface area contributed by atoms with Crippen molar-refractivity contribution in [2.45, 2.75) is 6.18 Å². The highest BCUT2D eigenvalue weighted by atomic mass is 19.4. The number of aromatic amines is 1. The molecule has 4 nitrogen and oxygen atoms in total. The highest BCUT2D eigenvalue weighted by molar-refractivity contribution is 6.06. The maximum atomic E-state index is 12.7. The van der Waals surface area contributed by atoms with Crippen LogP contribution in [0.15, 0.2) is 18.2 Å². The van der Waals surface area contributed by atoms with E-state index < -0.39 is 23.4 Å². The number of alkyl halides is 3. The molecule has 18 heavy (non-hydrogen) atoms. The molecule has 96 valence electrons. The number of fused-ring (bicyclic) bond motifs is 1. The SMILES string of the molecule is COc1cccc2c(C(=O)O)c(C(F)(F)F)[nH]c12. The summed E-state index contributed by atoms with van der Waals surface area (Å²) < 4.78 is 43.1. The van der Waals surface area contributed by atoms with Gasteiger partial charge in [-0.25, -0.2) is 4.79 Å². The van der Waals surface area contributed by atoms with Crippen LogP contribution in [0.2, 0.25) is 0 Å². The van der Waals surface area contributed by atoms with Gasteiger partial charge in [-0.2, -0.15) is 13.2 Å². The maximum Gasteiger partial charge on any atom is 0.432 e. The van der Waals surface area contributed by atoms with Gasteiger partial charge in [0.15, 0.2) is 0 Å². The molecule has 1 aromatic carbocycles. The van der Waals surface area contributed by atoms with Crippen molar-refractivity contribution in [3.63, 3.8) is 0 Å². The maximum absolute atomic E-state index is 12.7. The van der Waals surface area contributed by atoms with Gasteiger partial charge in [0, 0.05) is 5.39 Å². The fourth-order valence-corrected chi connectivity index (χ4v) is 1.80. The molecule has 0 saturated carbocycles. The summed E-state index contributed by atoms with van der Waals surface area (Å²) in [6.45, 7) is 0. The van der Waals surface area contributed by atoms with E-state index in [0.717, 1.165) is 0 Å². The molecule has 0 atom stereocenters. The Kier molecular flexibility index (Phi) is 2.68. The van der Waals surface area contributed by atoms with Crippen LogP contribution in [0.25, 0.3) is 10.9 Å². The third kappa shape index (κ3) is 1.77. The van der Waals surface area contributed by atoms with Gasteiger partial charge in [0.2, 0.25) is 0 Å². The molecular weight excluding hydrogens is 251 g/mol. The van der Waals surface area contributed by atoms with Crippen molar-refractivity contribution >= 4 is 16.9 Å². The van der Waals surface area contributed by atoms with E-state index in [1.54, 1.807) is 0 Å². The van der Waals surface area contributed by atoms with Crippen LogP contribution in [0.3, 0.4) is 0 Å². The molecule has 0 fully saturated rings. The first-order chi connectivity index (χ1) is 8.36. The van der Waals surface area contributed by atoms with E-state index in [1.165, 1.54) is 25.3 Å².